The molecule has 0 aliphatic rings. The van der Waals surface area contributed by atoms with Gasteiger partial charge in [0.25, 0.3) is 0 Å². The number of aromatic nitrogens is 2. The number of carbonyl (C=O) groups is 2. The molecule has 0 atom stereocenters. The lowest BCUT2D eigenvalue weighted by atomic mass is 10.1. The summed E-state index contributed by atoms with van der Waals surface area (Å²) in [5, 5.41) is 0.640. The quantitative estimate of drug-likeness (QED) is 0.597. The average Bonchev–Trinajstić information content (AvgIpc) is 3.13. The highest BCUT2D eigenvalue weighted by atomic mass is 35.5. The SMILES string of the molecule is CCOC(=O)CCN(CCCn1ccnc1)C(=O)Cc1ccc(Cl)cc1. The predicted octanol–water partition coefficient (Wildman–Crippen LogP) is 2.95. The van der Waals surface area contributed by atoms with Crippen LogP contribution in [0.15, 0.2) is 43.0 Å². The summed E-state index contributed by atoms with van der Waals surface area (Å²) < 4.78 is 6.93. The number of benzene rings is 1. The second-order valence-electron chi connectivity index (χ2n) is 5.89. The molecule has 1 aromatic heterocycles. The molecule has 0 radical (unpaired) electrons. The lowest BCUT2D eigenvalue weighted by Crippen LogP contribution is -2.35. The van der Waals surface area contributed by atoms with Crippen molar-refractivity contribution >= 4 is 23.5 Å². The van der Waals surface area contributed by atoms with Gasteiger partial charge in [-0.05, 0) is 31.0 Å². The van der Waals surface area contributed by atoms with Crippen molar-refractivity contribution in [3.8, 4) is 0 Å². The van der Waals surface area contributed by atoms with E-state index in [9.17, 15) is 9.59 Å². The summed E-state index contributed by atoms with van der Waals surface area (Å²) in [7, 11) is 0. The summed E-state index contributed by atoms with van der Waals surface area (Å²) >= 11 is 5.89. The molecule has 1 aromatic carbocycles. The number of halogens is 1. The van der Waals surface area contributed by atoms with Gasteiger partial charge in [0, 0.05) is 37.1 Å². The van der Waals surface area contributed by atoms with Crippen LogP contribution in [0.4, 0.5) is 0 Å². The Kier molecular flexibility index (Phi) is 8.15. The van der Waals surface area contributed by atoms with Crippen LogP contribution in [0.2, 0.25) is 5.02 Å². The maximum atomic E-state index is 12.7. The van der Waals surface area contributed by atoms with E-state index in [1.54, 1.807) is 36.5 Å². The van der Waals surface area contributed by atoms with Crippen molar-refractivity contribution in [2.75, 3.05) is 19.7 Å². The number of carbonyl (C=O) groups excluding carboxylic acids is 2. The Hall–Kier alpha value is -2.34. The Morgan fingerprint density at radius 2 is 2.00 bits per heavy atom. The monoisotopic (exact) mass is 377 g/mol. The molecule has 0 bridgehead atoms. The number of rotatable bonds is 10. The number of hydrogen-bond donors (Lipinski definition) is 0. The Morgan fingerprint density at radius 3 is 2.65 bits per heavy atom. The molecule has 0 aliphatic carbocycles. The smallest absolute Gasteiger partial charge is 0.307 e. The van der Waals surface area contributed by atoms with Crippen molar-refractivity contribution in [2.45, 2.75) is 32.7 Å². The molecule has 1 heterocycles. The second kappa shape index (κ2) is 10.6. The molecule has 0 aliphatic heterocycles. The van der Waals surface area contributed by atoms with Crippen molar-refractivity contribution in [3.63, 3.8) is 0 Å². The maximum absolute atomic E-state index is 12.7. The number of ether oxygens (including phenoxy) is 1. The zero-order chi connectivity index (χ0) is 18.8. The number of esters is 1. The van der Waals surface area contributed by atoms with Crippen LogP contribution in [-0.4, -0.2) is 46.0 Å². The first-order valence-electron chi connectivity index (χ1n) is 8.72. The molecule has 2 rings (SSSR count). The van der Waals surface area contributed by atoms with Crippen LogP contribution in [0.1, 0.15) is 25.3 Å². The molecule has 0 N–H and O–H groups in total. The van der Waals surface area contributed by atoms with E-state index in [0.717, 1.165) is 18.5 Å². The standard InChI is InChI=1S/C19H24ClN3O3/c1-2-26-19(25)8-12-23(11-3-10-22-13-9-21-15-22)18(24)14-16-4-6-17(20)7-5-16/h4-7,9,13,15H,2-3,8,10-12,14H2,1H3. The molecular weight excluding hydrogens is 354 g/mol. The van der Waals surface area contributed by atoms with Gasteiger partial charge in [0.2, 0.25) is 5.91 Å². The second-order valence-corrected chi connectivity index (χ2v) is 6.33. The molecule has 2 aromatic rings. The van der Waals surface area contributed by atoms with Crippen LogP contribution >= 0.6 is 11.6 Å². The van der Waals surface area contributed by atoms with Crippen LogP contribution in [-0.2, 0) is 27.3 Å². The van der Waals surface area contributed by atoms with Gasteiger partial charge in [-0.2, -0.15) is 0 Å². The fourth-order valence-corrected chi connectivity index (χ4v) is 2.70. The first kappa shape index (κ1) is 20.0. The molecule has 6 nitrogen and oxygen atoms in total. The van der Waals surface area contributed by atoms with E-state index in [0.29, 0.717) is 24.7 Å². The van der Waals surface area contributed by atoms with Gasteiger partial charge in [-0.1, -0.05) is 23.7 Å². The highest BCUT2D eigenvalue weighted by molar-refractivity contribution is 6.30. The number of hydrogen-bond acceptors (Lipinski definition) is 4. The van der Waals surface area contributed by atoms with E-state index in [1.165, 1.54) is 0 Å². The minimum atomic E-state index is -0.286. The van der Waals surface area contributed by atoms with Crippen molar-refractivity contribution in [1.29, 1.82) is 0 Å². The molecular formula is C19H24ClN3O3. The van der Waals surface area contributed by atoms with Gasteiger partial charge < -0.3 is 14.2 Å². The molecule has 0 saturated heterocycles. The van der Waals surface area contributed by atoms with E-state index in [1.807, 2.05) is 22.9 Å². The maximum Gasteiger partial charge on any atom is 0.307 e. The highest BCUT2D eigenvalue weighted by Crippen LogP contribution is 2.11. The summed E-state index contributed by atoms with van der Waals surface area (Å²) in [6, 6.07) is 7.23. The summed E-state index contributed by atoms with van der Waals surface area (Å²) in [6.07, 6.45) is 6.63. The Balaban J connectivity index is 1.91. The predicted molar refractivity (Wildman–Crippen MR) is 99.8 cm³/mol. The molecule has 0 fully saturated rings. The minimum absolute atomic E-state index is 0.0118. The van der Waals surface area contributed by atoms with Crippen LogP contribution < -0.4 is 0 Å². The minimum Gasteiger partial charge on any atom is -0.466 e. The van der Waals surface area contributed by atoms with Gasteiger partial charge in [-0.15, -0.1) is 0 Å². The van der Waals surface area contributed by atoms with E-state index in [4.69, 9.17) is 16.3 Å². The van der Waals surface area contributed by atoms with Crippen molar-refractivity contribution in [1.82, 2.24) is 14.5 Å². The third-order valence-corrected chi connectivity index (χ3v) is 4.17. The third kappa shape index (κ3) is 6.88. The zero-order valence-electron chi connectivity index (χ0n) is 14.9. The molecule has 0 spiro atoms. The molecule has 0 saturated carbocycles. The first-order valence-corrected chi connectivity index (χ1v) is 9.10. The van der Waals surface area contributed by atoms with E-state index in [-0.39, 0.29) is 24.7 Å². The summed E-state index contributed by atoms with van der Waals surface area (Å²) in [5.41, 5.74) is 0.898. The first-order chi connectivity index (χ1) is 12.6. The van der Waals surface area contributed by atoms with E-state index in [2.05, 4.69) is 4.98 Å². The van der Waals surface area contributed by atoms with Crippen LogP contribution in [0, 0.1) is 0 Å². The molecule has 0 unspecified atom stereocenters. The summed E-state index contributed by atoms with van der Waals surface area (Å²) in [5.74, 6) is -0.298. The van der Waals surface area contributed by atoms with Crippen molar-refractivity contribution in [2.24, 2.45) is 0 Å². The lowest BCUT2D eigenvalue weighted by molar-refractivity contribution is -0.144. The van der Waals surface area contributed by atoms with Gasteiger partial charge in [-0.25, -0.2) is 4.98 Å². The third-order valence-electron chi connectivity index (χ3n) is 3.92. The van der Waals surface area contributed by atoms with Crippen molar-refractivity contribution in [3.05, 3.63) is 53.6 Å². The summed E-state index contributed by atoms with van der Waals surface area (Å²) in [4.78, 5) is 30.1. The molecule has 7 heteroatoms. The van der Waals surface area contributed by atoms with Crippen molar-refractivity contribution < 1.29 is 14.3 Å². The number of amides is 1. The fraction of sp³-hybridized carbons (Fsp3) is 0.421. The average molecular weight is 378 g/mol. The summed E-state index contributed by atoms with van der Waals surface area (Å²) in [6.45, 7) is 3.81. The Bertz CT molecular complexity index is 687. The number of imidazole rings is 1. The zero-order valence-corrected chi connectivity index (χ0v) is 15.7. The lowest BCUT2D eigenvalue weighted by Gasteiger charge is -2.22. The Labute approximate surface area is 158 Å². The molecule has 140 valence electrons. The topological polar surface area (TPSA) is 64.4 Å². The van der Waals surface area contributed by atoms with E-state index < -0.39 is 0 Å². The fourth-order valence-electron chi connectivity index (χ4n) is 2.57. The Morgan fingerprint density at radius 1 is 1.23 bits per heavy atom. The largest absolute Gasteiger partial charge is 0.466 e. The molecule has 26 heavy (non-hydrogen) atoms. The van der Waals surface area contributed by atoms with E-state index >= 15 is 0 Å². The number of nitrogens with zero attached hydrogens (tertiary/aromatic N) is 3. The van der Waals surface area contributed by atoms with Gasteiger partial charge in [0.1, 0.15) is 0 Å². The van der Waals surface area contributed by atoms with Gasteiger partial charge in [0.15, 0.2) is 0 Å². The van der Waals surface area contributed by atoms with Gasteiger partial charge >= 0.3 is 5.97 Å². The van der Waals surface area contributed by atoms with Crippen LogP contribution in [0.3, 0.4) is 0 Å². The number of aryl methyl sites for hydroxylation is 1. The molecule has 1 amide bonds. The van der Waals surface area contributed by atoms with Gasteiger partial charge in [0.05, 0.1) is 25.8 Å². The van der Waals surface area contributed by atoms with Gasteiger partial charge in [-0.3, -0.25) is 9.59 Å². The highest BCUT2D eigenvalue weighted by Gasteiger charge is 2.16. The normalized spacial score (nSPS) is 10.5. The van der Waals surface area contributed by atoms with Crippen LogP contribution in [0.25, 0.3) is 0 Å². The van der Waals surface area contributed by atoms with Crippen LogP contribution in [0.5, 0.6) is 0 Å².